The zero-order chi connectivity index (χ0) is 12.1. The van der Waals surface area contributed by atoms with Crippen molar-refractivity contribution in [1.29, 1.82) is 0 Å². The zero-order valence-corrected chi connectivity index (χ0v) is 10.6. The molecule has 0 aliphatic heterocycles. The Morgan fingerprint density at radius 1 is 1.35 bits per heavy atom. The molecular formula is C15H22O2. The minimum atomic E-state index is -0.294. The molecule has 0 radical (unpaired) electrons. The van der Waals surface area contributed by atoms with Crippen molar-refractivity contribution < 1.29 is 9.84 Å². The number of aliphatic hydroxyl groups excluding tert-OH is 1. The van der Waals surface area contributed by atoms with E-state index in [0.29, 0.717) is 0 Å². The lowest BCUT2D eigenvalue weighted by Gasteiger charge is -2.22. The largest absolute Gasteiger partial charge is 0.494 e. The van der Waals surface area contributed by atoms with Crippen LogP contribution in [0.25, 0.3) is 0 Å². The monoisotopic (exact) mass is 234 g/mol. The van der Waals surface area contributed by atoms with Crippen LogP contribution in [-0.4, -0.2) is 11.7 Å². The Morgan fingerprint density at radius 2 is 2.24 bits per heavy atom. The molecule has 1 aliphatic rings. The standard InChI is InChI=1S/C15H22O2/c1-2-3-4-10-17-13-9-8-12-6-5-7-15(16)14(12)11-13/h8-9,11,15-16H,2-7,10H2,1H3/t15-/m1/s1. The minimum Gasteiger partial charge on any atom is -0.494 e. The van der Waals surface area contributed by atoms with Crippen LogP contribution in [-0.2, 0) is 6.42 Å². The van der Waals surface area contributed by atoms with Crippen molar-refractivity contribution in [1.82, 2.24) is 0 Å². The van der Waals surface area contributed by atoms with E-state index in [1.165, 1.54) is 18.4 Å². The van der Waals surface area contributed by atoms with E-state index in [9.17, 15) is 5.11 Å². The Kier molecular flexibility index (Phi) is 4.43. The van der Waals surface area contributed by atoms with Crippen LogP contribution in [0.15, 0.2) is 18.2 Å². The number of aliphatic hydroxyl groups is 1. The van der Waals surface area contributed by atoms with Crippen LogP contribution in [0.2, 0.25) is 0 Å². The van der Waals surface area contributed by atoms with E-state index in [4.69, 9.17) is 4.74 Å². The number of hydrogen-bond acceptors (Lipinski definition) is 2. The van der Waals surface area contributed by atoms with Gasteiger partial charge in [-0.05, 0) is 48.9 Å². The molecule has 0 bridgehead atoms. The fraction of sp³-hybridized carbons (Fsp3) is 0.600. The third-order valence-corrected chi connectivity index (χ3v) is 3.42. The van der Waals surface area contributed by atoms with Gasteiger partial charge in [0.1, 0.15) is 5.75 Å². The molecule has 94 valence electrons. The quantitative estimate of drug-likeness (QED) is 0.788. The molecule has 2 nitrogen and oxygen atoms in total. The SMILES string of the molecule is CCCCCOc1ccc2c(c1)[C@H](O)CCC2. The summed E-state index contributed by atoms with van der Waals surface area (Å²) in [4.78, 5) is 0. The highest BCUT2D eigenvalue weighted by Gasteiger charge is 2.18. The fourth-order valence-electron chi connectivity index (χ4n) is 2.38. The fourth-order valence-corrected chi connectivity index (χ4v) is 2.38. The second kappa shape index (κ2) is 6.06. The zero-order valence-electron chi connectivity index (χ0n) is 10.6. The molecule has 1 atom stereocenters. The summed E-state index contributed by atoms with van der Waals surface area (Å²) < 4.78 is 5.71. The van der Waals surface area contributed by atoms with Gasteiger partial charge in [0, 0.05) is 0 Å². The molecule has 0 aromatic heterocycles. The molecule has 0 saturated carbocycles. The molecule has 2 heteroatoms. The van der Waals surface area contributed by atoms with Crippen molar-refractivity contribution >= 4 is 0 Å². The number of aryl methyl sites for hydroxylation is 1. The predicted octanol–water partition coefficient (Wildman–Crippen LogP) is 3.63. The summed E-state index contributed by atoms with van der Waals surface area (Å²) in [6.45, 7) is 2.97. The van der Waals surface area contributed by atoms with E-state index >= 15 is 0 Å². The van der Waals surface area contributed by atoms with E-state index in [1.54, 1.807) is 0 Å². The van der Waals surface area contributed by atoms with Gasteiger partial charge in [0.05, 0.1) is 12.7 Å². The molecule has 0 saturated heterocycles. The Labute approximate surface area is 104 Å². The summed E-state index contributed by atoms with van der Waals surface area (Å²) in [7, 11) is 0. The third-order valence-electron chi connectivity index (χ3n) is 3.42. The Morgan fingerprint density at radius 3 is 3.06 bits per heavy atom. The Balaban J connectivity index is 1.97. The minimum absolute atomic E-state index is 0.294. The topological polar surface area (TPSA) is 29.5 Å². The lowest BCUT2D eigenvalue weighted by molar-refractivity contribution is 0.156. The molecule has 17 heavy (non-hydrogen) atoms. The summed E-state index contributed by atoms with van der Waals surface area (Å²) in [5, 5.41) is 9.94. The van der Waals surface area contributed by atoms with E-state index in [-0.39, 0.29) is 6.10 Å². The third kappa shape index (κ3) is 3.22. The number of ether oxygens (including phenoxy) is 1. The molecule has 0 unspecified atom stereocenters. The average Bonchev–Trinajstić information content (AvgIpc) is 2.36. The van der Waals surface area contributed by atoms with E-state index < -0.39 is 0 Å². The van der Waals surface area contributed by atoms with Gasteiger partial charge in [0.25, 0.3) is 0 Å². The predicted molar refractivity (Wildman–Crippen MR) is 69.4 cm³/mol. The highest BCUT2D eigenvalue weighted by molar-refractivity contribution is 5.38. The summed E-state index contributed by atoms with van der Waals surface area (Å²) in [5.41, 5.74) is 2.36. The maximum Gasteiger partial charge on any atom is 0.119 e. The lowest BCUT2D eigenvalue weighted by Crippen LogP contribution is -2.09. The van der Waals surface area contributed by atoms with Crippen molar-refractivity contribution in [3.63, 3.8) is 0 Å². The van der Waals surface area contributed by atoms with Gasteiger partial charge in [-0.25, -0.2) is 0 Å². The number of rotatable bonds is 5. The molecule has 0 amide bonds. The van der Waals surface area contributed by atoms with Crippen LogP contribution < -0.4 is 4.74 Å². The van der Waals surface area contributed by atoms with Gasteiger partial charge in [-0.2, -0.15) is 0 Å². The molecule has 1 aliphatic carbocycles. The van der Waals surface area contributed by atoms with Crippen LogP contribution in [0.3, 0.4) is 0 Å². The summed E-state index contributed by atoms with van der Waals surface area (Å²) in [6, 6.07) is 6.15. The maximum absolute atomic E-state index is 9.94. The highest BCUT2D eigenvalue weighted by atomic mass is 16.5. The molecule has 0 spiro atoms. The summed E-state index contributed by atoms with van der Waals surface area (Å²) in [5.74, 6) is 0.904. The van der Waals surface area contributed by atoms with Crippen molar-refractivity contribution in [2.75, 3.05) is 6.61 Å². The van der Waals surface area contributed by atoms with E-state index in [0.717, 1.165) is 43.6 Å². The Hall–Kier alpha value is -1.02. The van der Waals surface area contributed by atoms with Crippen LogP contribution in [0.4, 0.5) is 0 Å². The number of hydrogen-bond donors (Lipinski definition) is 1. The lowest BCUT2D eigenvalue weighted by atomic mass is 9.89. The van der Waals surface area contributed by atoms with Crippen LogP contribution >= 0.6 is 0 Å². The molecule has 0 heterocycles. The van der Waals surface area contributed by atoms with E-state index in [2.05, 4.69) is 13.0 Å². The van der Waals surface area contributed by atoms with Crippen molar-refractivity contribution in [3.05, 3.63) is 29.3 Å². The normalized spacial score (nSPS) is 18.8. The molecule has 1 aromatic rings. The number of unbranched alkanes of at least 4 members (excludes halogenated alkanes) is 2. The van der Waals surface area contributed by atoms with E-state index in [1.807, 2.05) is 12.1 Å². The number of benzene rings is 1. The first-order valence-corrected chi connectivity index (χ1v) is 6.75. The van der Waals surface area contributed by atoms with Gasteiger partial charge < -0.3 is 9.84 Å². The first-order valence-electron chi connectivity index (χ1n) is 6.75. The van der Waals surface area contributed by atoms with Gasteiger partial charge in [0.15, 0.2) is 0 Å². The van der Waals surface area contributed by atoms with Crippen LogP contribution in [0.1, 0.15) is 56.3 Å². The molecule has 0 fully saturated rings. The molecule has 1 aromatic carbocycles. The smallest absolute Gasteiger partial charge is 0.119 e. The first kappa shape index (κ1) is 12.4. The molecule has 2 rings (SSSR count). The van der Waals surface area contributed by atoms with Gasteiger partial charge in [-0.1, -0.05) is 25.8 Å². The summed E-state index contributed by atoms with van der Waals surface area (Å²) in [6.07, 6.45) is 6.30. The van der Waals surface area contributed by atoms with Crippen LogP contribution in [0.5, 0.6) is 5.75 Å². The average molecular weight is 234 g/mol. The van der Waals surface area contributed by atoms with Gasteiger partial charge in [-0.15, -0.1) is 0 Å². The molecule has 1 N–H and O–H groups in total. The van der Waals surface area contributed by atoms with Crippen molar-refractivity contribution in [2.24, 2.45) is 0 Å². The second-order valence-corrected chi connectivity index (χ2v) is 4.82. The van der Waals surface area contributed by atoms with Crippen LogP contribution in [0, 0.1) is 0 Å². The maximum atomic E-state index is 9.94. The first-order chi connectivity index (χ1) is 8.31. The van der Waals surface area contributed by atoms with Crippen molar-refractivity contribution in [3.8, 4) is 5.75 Å². The number of fused-ring (bicyclic) bond motifs is 1. The van der Waals surface area contributed by atoms with Gasteiger partial charge >= 0.3 is 0 Å². The summed E-state index contributed by atoms with van der Waals surface area (Å²) >= 11 is 0. The van der Waals surface area contributed by atoms with Gasteiger partial charge in [-0.3, -0.25) is 0 Å². The van der Waals surface area contributed by atoms with Crippen molar-refractivity contribution in [2.45, 2.75) is 51.6 Å². The second-order valence-electron chi connectivity index (χ2n) is 4.82. The Bertz CT molecular complexity index is 360. The molecular weight excluding hydrogens is 212 g/mol. The van der Waals surface area contributed by atoms with Gasteiger partial charge in [0.2, 0.25) is 0 Å². The highest BCUT2D eigenvalue weighted by Crippen LogP contribution is 2.32.